The van der Waals surface area contributed by atoms with E-state index in [9.17, 15) is 4.39 Å². The van der Waals surface area contributed by atoms with Gasteiger partial charge in [-0.05, 0) is 37.0 Å². The molecule has 4 heteroatoms. The smallest absolute Gasteiger partial charge is 0.130 e. The van der Waals surface area contributed by atoms with Crippen LogP contribution in [0.1, 0.15) is 36.4 Å². The van der Waals surface area contributed by atoms with Crippen LogP contribution in [0.4, 0.5) is 4.39 Å². The maximum Gasteiger partial charge on any atom is 0.130 e. The lowest BCUT2D eigenvalue weighted by Gasteiger charge is -2.10. The summed E-state index contributed by atoms with van der Waals surface area (Å²) in [5.74, 6) is -0.258. The second-order valence-corrected chi connectivity index (χ2v) is 4.84. The second kappa shape index (κ2) is 6.80. The Kier molecular flexibility index (Phi) is 5.07. The summed E-state index contributed by atoms with van der Waals surface area (Å²) in [7, 11) is 0. The lowest BCUT2D eigenvalue weighted by Crippen LogP contribution is -2.14. The van der Waals surface area contributed by atoms with Crippen LogP contribution in [0.25, 0.3) is 6.08 Å². The van der Waals surface area contributed by atoms with Gasteiger partial charge in [-0.15, -0.1) is 0 Å². The fourth-order valence-electron chi connectivity index (χ4n) is 2.20. The molecule has 1 saturated heterocycles. The number of nitrogens with two attached hydrogens (primary N) is 1. The Labute approximate surface area is 112 Å². The van der Waals surface area contributed by atoms with Gasteiger partial charge in [0.1, 0.15) is 5.82 Å². The first-order valence-electron chi connectivity index (χ1n) is 6.64. The Bertz CT molecular complexity index is 449. The fraction of sp³-hybridized carbons (Fsp3) is 0.467. The Morgan fingerprint density at radius 3 is 3.00 bits per heavy atom. The number of aliphatic hydroxyl groups is 1. The summed E-state index contributed by atoms with van der Waals surface area (Å²) in [6.07, 6.45) is 4.65. The fourth-order valence-corrected chi connectivity index (χ4v) is 2.20. The molecule has 1 atom stereocenters. The third-order valence-corrected chi connectivity index (χ3v) is 3.36. The number of hydrogen-bond acceptors (Lipinski definition) is 3. The Morgan fingerprint density at radius 2 is 2.21 bits per heavy atom. The summed E-state index contributed by atoms with van der Waals surface area (Å²) in [5.41, 5.74) is 8.25. The van der Waals surface area contributed by atoms with Crippen molar-refractivity contribution in [2.24, 2.45) is 5.73 Å². The minimum absolute atomic E-state index is 0.143. The highest BCUT2D eigenvalue weighted by atomic mass is 19.1. The number of ether oxygens (including phenoxy) is 1. The van der Waals surface area contributed by atoms with Crippen molar-refractivity contribution in [1.29, 1.82) is 0 Å². The highest BCUT2D eigenvalue weighted by molar-refractivity contribution is 5.55. The number of halogens is 1. The monoisotopic (exact) mass is 265 g/mol. The van der Waals surface area contributed by atoms with Gasteiger partial charge in [0, 0.05) is 12.2 Å². The molecule has 2 rings (SSSR count). The van der Waals surface area contributed by atoms with E-state index in [-0.39, 0.29) is 12.4 Å². The average molecular weight is 265 g/mol. The van der Waals surface area contributed by atoms with Gasteiger partial charge < -0.3 is 15.6 Å². The van der Waals surface area contributed by atoms with Gasteiger partial charge in [-0.25, -0.2) is 4.39 Å². The van der Waals surface area contributed by atoms with E-state index in [0.717, 1.165) is 31.4 Å². The number of aliphatic hydroxyl groups excluding tert-OH is 1. The molecular weight excluding hydrogens is 245 g/mol. The maximum atomic E-state index is 13.8. The topological polar surface area (TPSA) is 55.5 Å². The van der Waals surface area contributed by atoms with Crippen LogP contribution in [-0.2, 0) is 4.74 Å². The molecule has 0 saturated carbocycles. The zero-order chi connectivity index (χ0) is 13.7. The summed E-state index contributed by atoms with van der Waals surface area (Å²) in [5, 5.41) is 9.06. The van der Waals surface area contributed by atoms with Crippen LogP contribution in [0, 0.1) is 5.82 Å². The molecule has 0 bridgehead atoms. The van der Waals surface area contributed by atoms with Crippen molar-refractivity contribution >= 4 is 6.08 Å². The highest BCUT2D eigenvalue weighted by Gasteiger charge is 2.10. The predicted octanol–water partition coefficient (Wildman–Crippen LogP) is 2.40. The van der Waals surface area contributed by atoms with E-state index in [1.54, 1.807) is 12.1 Å². The molecule has 0 spiro atoms. The third kappa shape index (κ3) is 3.86. The van der Waals surface area contributed by atoms with E-state index in [2.05, 4.69) is 0 Å². The van der Waals surface area contributed by atoms with Gasteiger partial charge in [0.2, 0.25) is 0 Å². The van der Waals surface area contributed by atoms with Gasteiger partial charge in [0.15, 0.2) is 0 Å². The molecule has 3 N–H and O–H groups in total. The van der Waals surface area contributed by atoms with Crippen LogP contribution < -0.4 is 5.73 Å². The quantitative estimate of drug-likeness (QED) is 0.882. The van der Waals surface area contributed by atoms with Crippen LogP contribution in [0.5, 0.6) is 0 Å². The van der Waals surface area contributed by atoms with E-state index < -0.39 is 6.04 Å². The molecule has 0 aliphatic carbocycles. The minimum atomic E-state index is -0.463. The van der Waals surface area contributed by atoms with E-state index in [4.69, 9.17) is 15.6 Å². The Balaban J connectivity index is 2.24. The Hall–Kier alpha value is -1.23. The molecule has 1 aromatic rings. The van der Waals surface area contributed by atoms with Gasteiger partial charge in [0.05, 0.1) is 19.3 Å². The van der Waals surface area contributed by atoms with E-state index >= 15 is 0 Å². The first-order chi connectivity index (χ1) is 9.20. The molecule has 3 nitrogen and oxygen atoms in total. The van der Waals surface area contributed by atoms with Gasteiger partial charge >= 0.3 is 0 Å². The molecule has 0 aromatic heterocycles. The van der Waals surface area contributed by atoms with E-state index in [0.29, 0.717) is 12.2 Å². The standard InChI is InChI=1S/C15H20FNO2/c16-14-4-3-12(15(17)10-18)9-13(14)8-11-2-1-6-19-7-5-11/h3-4,8-9,15,18H,1-2,5-7,10,17H2/b11-8-/t15-/m0/s1. The summed E-state index contributed by atoms with van der Waals surface area (Å²) in [6, 6.07) is 4.28. The predicted molar refractivity (Wildman–Crippen MR) is 73.1 cm³/mol. The Morgan fingerprint density at radius 1 is 1.37 bits per heavy atom. The zero-order valence-electron chi connectivity index (χ0n) is 10.9. The van der Waals surface area contributed by atoms with Gasteiger partial charge in [-0.3, -0.25) is 0 Å². The van der Waals surface area contributed by atoms with Crippen LogP contribution in [0.3, 0.4) is 0 Å². The lowest BCUT2D eigenvalue weighted by atomic mass is 10.0. The van der Waals surface area contributed by atoms with Crippen LogP contribution >= 0.6 is 0 Å². The third-order valence-electron chi connectivity index (χ3n) is 3.36. The molecule has 1 aliphatic heterocycles. The average Bonchev–Trinajstić information content (AvgIpc) is 2.69. The molecule has 1 aliphatic rings. The van der Waals surface area contributed by atoms with Gasteiger partial charge in [0.25, 0.3) is 0 Å². The summed E-state index contributed by atoms with van der Waals surface area (Å²) in [6.45, 7) is 1.33. The SMILES string of the molecule is N[C@@H](CO)c1ccc(F)c(/C=C2/CCCOCC2)c1. The molecule has 19 heavy (non-hydrogen) atoms. The van der Waals surface area contributed by atoms with Crippen molar-refractivity contribution in [2.75, 3.05) is 19.8 Å². The summed E-state index contributed by atoms with van der Waals surface area (Å²) >= 11 is 0. The summed E-state index contributed by atoms with van der Waals surface area (Å²) in [4.78, 5) is 0. The zero-order valence-corrected chi connectivity index (χ0v) is 10.9. The molecular formula is C15H20FNO2. The summed E-state index contributed by atoms with van der Waals surface area (Å²) < 4.78 is 19.2. The lowest BCUT2D eigenvalue weighted by molar-refractivity contribution is 0.146. The van der Waals surface area contributed by atoms with E-state index in [1.807, 2.05) is 6.08 Å². The molecule has 0 amide bonds. The van der Waals surface area contributed by atoms with E-state index in [1.165, 1.54) is 11.6 Å². The number of rotatable bonds is 3. The first kappa shape index (κ1) is 14.2. The van der Waals surface area contributed by atoms with Crippen molar-refractivity contribution < 1.29 is 14.2 Å². The number of hydrogen-bond donors (Lipinski definition) is 2. The van der Waals surface area contributed by atoms with Crippen LogP contribution in [-0.4, -0.2) is 24.9 Å². The maximum absolute atomic E-state index is 13.8. The highest BCUT2D eigenvalue weighted by Crippen LogP contribution is 2.22. The van der Waals surface area contributed by atoms with Crippen LogP contribution in [0.2, 0.25) is 0 Å². The largest absolute Gasteiger partial charge is 0.394 e. The molecule has 104 valence electrons. The van der Waals surface area contributed by atoms with Crippen molar-refractivity contribution in [2.45, 2.75) is 25.3 Å². The molecule has 1 heterocycles. The van der Waals surface area contributed by atoms with Crippen molar-refractivity contribution in [1.82, 2.24) is 0 Å². The first-order valence-corrected chi connectivity index (χ1v) is 6.64. The molecule has 1 fully saturated rings. The number of benzene rings is 1. The normalized spacial score (nSPS) is 20.3. The van der Waals surface area contributed by atoms with Gasteiger partial charge in [-0.1, -0.05) is 17.7 Å². The molecule has 0 radical (unpaired) electrons. The van der Waals surface area contributed by atoms with Crippen molar-refractivity contribution in [3.05, 3.63) is 40.7 Å². The van der Waals surface area contributed by atoms with Crippen molar-refractivity contribution in [3.63, 3.8) is 0 Å². The second-order valence-electron chi connectivity index (χ2n) is 4.84. The molecule has 0 unspecified atom stereocenters. The van der Waals surface area contributed by atoms with Gasteiger partial charge in [-0.2, -0.15) is 0 Å². The van der Waals surface area contributed by atoms with Crippen LogP contribution in [0.15, 0.2) is 23.8 Å². The minimum Gasteiger partial charge on any atom is -0.394 e. The van der Waals surface area contributed by atoms with Crippen molar-refractivity contribution in [3.8, 4) is 0 Å². The molecule has 1 aromatic carbocycles.